The van der Waals surface area contributed by atoms with Gasteiger partial charge in [-0.25, -0.2) is 0 Å². The first-order chi connectivity index (χ1) is 9.32. The standard InChI is InChI=1S/C17H28O3/c1-6-17(4,19)12-8-10-14(2)9-7-11-15(3)16(18)13-20-5/h6,10-11,19H,1,7-9,12-13H2,2-5H3. The molecule has 0 amide bonds. The molecule has 114 valence electrons. The van der Waals surface area contributed by atoms with Gasteiger partial charge in [-0.1, -0.05) is 23.8 Å². The van der Waals surface area contributed by atoms with Crippen LogP contribution in [0.3, 0.4) is 0 Å². The number of carbonyl (C=O) groups excluding carboxylic acids is 1. The fourth-order valence-corrected chi connectivity index (χ4v) is 1.69. The van der Waals surface area contributed by atoms with Crippen molar-refractivity contribution < 1.29 is 14.6 Å². The van der Waals surface area contributed by atoms with E-state index < -0.39 is 5.60 Å². The van der Waals surface area contributed by atoms with Crippen LogP contribution in [0.1, 0.15) is 46.5 Å². The zero-order chi connectivity index (χ0) is 15.6. The number of rotatable bonds is 10. The maximum absolute atomic E-state index is 11.5. The van der Waals surface area contributed by atoms with Crippen LogP contribution in [0.15, 0.2) is 36.0 Å². The Morgan fingerprint density at radius 2 is 1.95 bits per heavy atom. The minimum absolute atomic E-state index is 0.0381. The highest BCUT2D eigenvalue weighted by Crippen LogP contribution is 2.15. The molecule has 0 fully saturated rings. The summed E-state index contributed by atoms with van der Waals surface area (Å²) < 4.78 is 4.81. The molecular formula is C17H28O3. The van der Waals surface area contributed by atoms with E-state index in [1.54, 1.807) is 13.0 Å². The molecule has 0 radical (unpaired) electrons. The van der Waals surface area contributed by atoms with Crippen LogP contribution < -0.4 is 0 Å². The molecule has 0 spiro atoms. The Morgan fingerprint density at radius 1 is 1.30 bits per heavy atom. The third-order valence-corrected chi connectivity index (χ3v) is 3.29. The van der Waals surface area contributed by atoms with E-state index in [2.05, 4.69) is 19.6 Å². The van der Waals surface area contributed by atoms with Crippen molar-refractivity contribution in [2.24, 2.45) is 0 Å². The van der Waals surface area contributed by atoms with Crippen LogP contribution in [0.2, 0.25) is 0 Å². The van der Waals surface area contributed by atoms with Crippen LogP contribution in [0.4, 0.5) is 0 Å². The van der Waals surface area contributed by atoms with Gasteiger partial charge in [0.2, 0.25) is 0 Å². The van der Waals surface area contributed by atoms with Crippen molar-refractivity contribution in [1.82, 2.24) is 0 Å². The molecule has 0 saturated carbocycles. The predicted molar refractivity (Wildman–Crippen MR) is 83.7 cm³/mol. The summed E-state index contributed by atoms with van der Waals surface area (Å²) in [5.74, 6) is 0.0381. The topological polar surface area (TPSA) is 46.5 Å². The minimum Gasteiger partial charge on any atom is -0.386 e. The average molecular weight is 280 g/mol. The van der Waals surface area contributed by atoms with E-state index in [0.29, 0.717) is 6.42 Å². The van der Waals surface area contributed by atoms with Crippen molar-refractivity contribution in [3.63, 3.8) is 0 Å². The third kappa shape index (κ3) is 8.83. The Balaban J connectivity index is 4.10. The van der Waals surface area contributed by atoms with Gasteiger partial charge in [0, 0.05) is 7.11 Å². The van der Waals surface area contributed by atoms with Crippen molar-refractivity contribution in [2.45, 2.75) is 52.1 Å². The minimum atomic E-state index is -0.792. The van der Waals surface area contributed by atoms with Gasteiger partial charge >= 0.3 is 0 Å². The molecule has 0 bridgehead atoms. The SMILES string of the molecule is C=CC(C)(O)CCC=C(C)CCC=C(C)C(=O)COC. The van der Waals surface area contributed by atoms with Crippen molar-refractivity contribution >= 4 is 5.78 Å². The normalized spacial score (nSPS) is 15.8. The van der Waals surface area contributed by atoms with Crippen molar-refractivity contribution in [3.8, 4) is 0 Å². The van der Waals surface area contributed by atoms with Crippen LogP contribution >= 0.6 is 0 Å². The lowest BCUT2D eigenvalue weighted by Gasteiger charge is -2.16. The molecular weight excluding hydrogens is 252 g/mol. The van der Waals surface area contributed by atoms with E-state index in [4.69, 9.17) is 4.74 Å². The van der Waals surface area contributed by atoms with E-state index in [9.17, 15) is 9.90 Å². The van der Waals surface area contributed by atoms with Crippen LogP contribution in [0, 0.1) is 0 Å². The third-order valence-electron chi connectivity index (χ3n) is 3.29. The summed E-state index contributed by atoms with van der Waals surface area (Å²) in [4.78, 5) is 11.5. The summed E-state index contributed by atoms with van der Waals surface area (Å²) in [6.07, 6.45) is 8.95. The summed E-state index contributed by atoms with van der Waals surface area (Å²) in [5.41, 5.74) is 1.24. The molecule has 0 saturated heterocycles. The monoisotopic (exact) mass is 280 g/mol. The first-order valence-corrected chi connectivity index (χ1v) is 7.03. The van der Waals surface area contributed by atoms with Crippen LogP contribution in [-0.4, -0.2) is 30.2 Å². The Morgan fingerprint density at radius 3 is 2.50 bits per heavy atom. The van der Waals surface area contributed by atoms with E-state index in [1.807, 2.05) is 13.0 Å². The average Bonchev–Trinajstić information content (AvgIpc) is 2.38. The maximum Gasteiger partial charge on any atom is 0.183 e. The van der Waals surface area contributed by atoms with Crippen LogP contribution in [0.25, 0.3) is 0 Å². The number of Topliss-reactive ketones (excluding diaryl/α,β-unsaturated/α-hetero) is 1. The summed E-state index contributed by atoms with van der Waals surface area (Å²) in [5, 5.41) is 9.79. The molecule has 0 aliphatic carbocycles. The number of ether oxygens (including phenoxy) is 1. The van der Waals surface area contributed by atoms with Gasteiger partial charge in [0.1, 0.15) is 6.61 Å². The summed E-state index contributed by atoms with van der Waals surface area (Å²) >= 11 is 0. The van der Waals surface area contributed by atoms with Crippen molar-refractivity contribution in [2.75, 3.05) is 13.7 Å². The van der Waals surface area contributed by atoms with Crippen molar-refractivity contribution in [3.05, 3.63) is 36.0 Å². The van der Waals surface area contributed by atoms with Crippen LogP contribution in [0.5, 0.6) is 0 Å². The van der Waals surface area contributed by atoms with Crippen LogP contribution in [-0.2, 0) is 9.53 Å². The lowest BCUT2D eigenvalue weighted by atomic mass is 9.99. The van der Waals surface area contributed by atoms with Gasteiger partial charge in [-0.05, 0) is 52.0 Å². The Kier molecular flexibility index (Phi) is 9.10. The highest BCUT2D eigenvalue weighted by Gasteiger charge is 2.13. The first-order valence-electron chi connectivity index (χ1n) is 7.03. The number of allylic oxidation sites excluding steroid dienone is 3. The van der Waals surface area contributed by atoms with Gasteiger partial charge in [-0.3, -0.25) is 4.79 Å². The number of methoxy groups -OCH3 is 1. The molecule has 3 heteroatoms. The lowest BCUT2D eigenvalue weighted by molar-refractivity contribution is -0.118. The van der Waals surface area contributed by atoms with E-state index in [0.717, 1.165) is 24.8 Å². The smallest absolute Gasteiger partial charge is 0.183 e. The molecule has 0 rings (SSSR count). The van der Waals surface area contributed by atoms with Gasteiger partial charge in [-0.2, -0.15) is 0 Å². The molecule has 1 N–H and O–H groups in total. The van der Waals surface area contributed by atoms with E-state index in [1.165, 1.54) is 12.7 Å². The molecule has 0 aromatic carbocycles. The quantitative estimate of drug-likeness (QED) is 0.491. The highest BCUT2D eigenvalue weighted by molar-refractivity contribution is 5.95. The number of ketones is 1. The number of carbonyl (C=O) groups is 1. The Bertz CT molecular complexity index is 376. The predicted octanol–water partition coefficient (Wildman–Crippen LogP) is 3.59. The first kappa shape index (κ1) is 18.8. The largest absolute Gasteiger partial charge is 0.386 e. The molecule has 0 aliphatic heterocycles. The molecule has 0 aromatic heterocycles. The van der Waals surface area contributed by atoms with Gasteiger partial charge in [0.15, 0.2) is 5.78 Å². The molecule has 1 atom stereocenters. The van der Waals surface area contributed by atoms with Gasteiger partial charge in [-0.15, -0.1) is 6.58 Å². The van der Waals surface area contributed by atoms with Gasteiger partial charge in [0.25, 0.3) is 0 Å². The van der Waals surface area contributed by atoms with Gasteiger partial charge < -0.3 is 9.84 Å². The Labute approximate surface area is 123 Å². The van der Waals surface area contributed by atoms with Crippen molar-refractivity contribution in [1.29, 1.82) is 0 Å². The molecule has 0 aromatic rings. The molecule has 1 unspecified atom stereocenters. The van der Waals surface area contributed by atoms with E-state index >= 15 is 0 Å². The second kappa shape index (κ2) is 9.67. The Hall–Kier alpha value is -1.19. The zero-order valence-corrected chi connectivity index (χ0v) is 13.2. The molecule has 3 nitrogen and oxygen atoms in total. The van der Waals surface area contributed by atoms with E-state index in [-0.39, 0.29) is 12.4 Å². The fraction of sp³-hybridized carbons (Fsp3) is 0.588. The lowest BCUT2D eigenvalue weighted by Crippen LogP contribution is -2.19. The zero-order valence-electron chi connectivity index (χ0n) is 13.2. The highest BCUT2D eigenvalue weighted by atomic mass is 16.5. The maximum atomic E-state index is 11.5. The second-order valence-electron chi connectivity index (χ2n) is 5.43. The summed E-state index contributed by atoms with van der Waals surface area (Å²) in [7, 11) is 1.52. The second-order valence-corrected chi connectivity index (χ2v) is 5.43. The summed E-state index contributed by atoms with van der Waals surface area (Å²) in [6, 6.07) is 0. The molecule has 0 heterocycles. The fourth-order valence-electron chi connectivity index (χ4n) is 1.69. The number of hydrogen-bond donors (Lipinski definition) is 1. The molecule has 0 aliphatic rings. The summed E-state index contributed by atoms with van der Waals surface area (Å²) in [6.45, 7) is 9.41. The number of hydrogen-bond acceptors (Lipinski definition) is 3. The van der Waals surface area contributed by atoms with Gasteiger partial charge in [0.05, 0.1) is 5.60 Å². The number of aliphatic hydroxyl groups is 1. The molecule has 20 heavy (non-hydrogen) atoms.